The summed E-state index contributed by atoms with van der Waals surface area (Å²) in [5.41, 5.74) is 8.89. The van der Waals surface area contributed by atoms with Crippen molar-refractivity contribution in [2.45, 2.75) is 25.8 Å². The molecule has 1 aliphatic carbocycles. The van der Waals surface area contributed by atoms with Crippen molar-refractivity contribution in [3.8, 4) is 22.5 Å². The molecule has 0 saturated heterocycles. The Morgan fingerprint density at radius 3 is 2.34 bits per heavy atom. The van der Waals surface area contributed by atoms with Gasteiger partial charge in [0.05, 0.1) is 11.1 Å². The zero-order valence-corrected chi connectivity index (χ0v) is 17.7. The van der Waals surface area contributed by atoms with Gasteiger partial charge in [0.1, 0.15) is 0 Å². The van der Waals surface area contributed by atoms with Gasteiger partial charge in [0, 0.05) is 28.4 Å². The molecule has 0 spiro atoms. The highest BCUT2D eigenvalue weighted by Gasteiger charge is 2.22. The molecule has 6 heteroatoms. The topological polar surface area (TPSA) is 79.4 Å². The van der Waals surface area contributed by atoms with Crippen molar-refractivity contribution in [2.24, 2.45) is 0 Å². The third kappa shape index (κ3) is 3.21. The van der Waals surface area contributed by atoms with Crippen LogP contribution in [0.3, 0.4) is 0 Å². The molecule has 3 aromatic carbocycles. The van der Waals surface area contributed by atoms with E-state index in [2.05, 4.69) is 92.7 Å². The Hall–Kier alpha value is -4.06. The first kappa shape index (κ1) is 18.7. The van der Waals surface area contributed by atoms with Gasteiger partial charge in [-0.3, -0.25) is 4.98 Å². The molecular formula is C26H22N6. The monoisotopic (exact) mass is 418 g/mol. The first-order valence-corrected chi connectivity index (χ1v) is 10.8. The van der Waals surface area contributed by atoms with Gasteiger partial charge in [-0.2, -0.15) is 5.21 Å². The molecule has 32 heavy (non-hydrogen) atoms. The first-order valence-electron chi connectivity index (χ1n) is 10.8. The fourth-order valence-corrected chi connectivity index (χ4v) is 4.82. The second-order valence-corrected chi connectivity index (χ2v) is 8.30. The first-order chi connectivity index (χ1) is 15.8. The number of H-pyrrole nitrogens is 1. The largest absolute Gasteiger partial charge is 0.382 e. The van der Waals surface area contributed by atoms with E-state index in [9.17, 15) is 0 Å². The summed E-state index contributed by atoms with van der Waals surface area (Å²) in [5.74, 6) is 0.556. The summed E-state index contributed by atoms with van der Waals surface area (Å²) in [5, 5.41) is 19.7. The van der Waals surface area contributed by atoms with Crippen LogP contribution < -0.4 is 5.32 Å². The zero-order chi connectivity index (χ0) is 21.5. The third-order valence-corrected chi connectivity index (χ3v) is 6.22. The number of aryl methyl sites for hydroxylation is 1. The van der Waals surface area contributed by atoms with Gasteiger partial charge in [-0.1, -0.05) is 54.6 Å². The fourth-order valence-electron chi connectivity index (χ4n) is 4.82. The molecular weight excluding hydrogens is 396 g/mol. The number of fused-ring (bicyclic) bond motifs is 2. The van der Waals surface area contributed by atoms with E-state index in [4.69, 9.17) is 4.98 Å². The molecule has 0 fully saturated rings. The fraction of sp³-hybridized carbons (Fsp3) is 0.154. The van der Waals surface area contributed by atoms with E-state index in [-0.39, 0.29) is 0 Å². The predicted octanol–water partition coefficient (Wildman–Crippen LogP) is 4.97. The highest BCUT2D eigenvalue weighted by Crippen LogP contribution is 2.39. The van der Waals surface area contributed by atoms with Gasteiger partial charge >= 0.3 is 0 Å². The average Bonchev–Trinajstić information content (AvgIpc) is 3.48. The van der Waals surface area contributed by atoms with E-state index in [1.54, 1.807) is 0 Å². The number of tetrazole rings is 1. The number of nitrogens with one attached hydrogen (secondary N) is 2. The standard InChI is InChI=1S/C26H22N6/c1-16-24(26-29-31-32-30-26)25(17-7-3-2-4-8-17)22-15-20(11-12-23(22)27-16)28-21-13-18-9-5-6-10-19(18)14-21/h2-12,15,21,28H,13-14H2,1H3,(H,29,30,31,32). The summed E-state index contributed by atoms with van der Waals surface area (Å²) in [4.78, 5) is 4.87. The van der Waals surface area contributed by atoms with Crippen LogP contribution in [0.15, 0.2) is 72.8 Å². The summed E-state index contributed by atoms with van der Waals surface area (Å²) in [6, 6.07) is 25.9. The van der Waals surface area contributed by atoms with Gasteiger partial charge in [0.25, 0.3) is 0 Å². The number of aromatic amines is 1. The number of hydrogen-bond donors (Lipinski definition) is 2. The number of anilines is 1. The van der Waals surface area contributed by atoms with Crippen molar-refractivity contribution in [3.63, 3.8) is 0 Å². The van der Waals surface area contributed by atoms with E-state index in [0.717, 1.165) is 51.8 Å². The minimum atomic E-state index is 0.389. The molecule has 5 aromatic rings. The molecule has 1 aliphatic rings. The van der Waals surface area contributed by atoms with Gasteiger partial charge in [-0.05, 0) is 59.9 Å². The number of rotatable bonds is 4. The van der Waals surface area contributed by atoms with E-state index < -0.39 is 0 Å². The molecule has 2 heterocycles. The molecule has 0 amide bonds. The highest BCUT2D eigenvalue weighted by molar-refractivity contribution is 6.03. The number of nitrogens with zero attached hydrogens (tertiary/aromatic N) is 4. The van der Waals surface area contributed by atoms with Crippen LogP contribution >= 0.6 is 0 Å². The van der Waals surface area contributed by atoms with Crippen molar-refractivity contribution >= 4 is 16.6 Å². The third-order valence-electron chi connectivity index (χ3n) is 6.22. The van der Waals surface area contributed by atoms with Crippen LogP contribution in [0.25, 0.3) is 33.4 Å². The zero-order valence-electron chi connectivity index (χ0n) is 17.7. The van der Waals surface area contributed by atoms with E-state index in [1.165, 1.54) is 11.1 Å². The van der Waals surface area contributed by atoms with Crippen LogP contribution in [0.1, 0.15) is 16.8 Å². The van der Waals surface area contributed by atoms with E-state index in [0.29, 0.717) is 11.9 Å². The molecule has 6 rings (SSSR count). The molecule has 0 aliphatic heterocycles. The Bertz CT molecular complexity index is 1380. The summed E-state index contributed by atoms with van der Waals surface area (Å²) in [7, 11) is 0. The van der Waals surface area contributed by atoms with E-state index in [1.807, 2.05) is 13.0 Å². The van der Waals surface area contributed by atoms with Crippen molar-refractivity contribution in [2.75, 3.05) is 5.32 Å². The molecule has 0 bridgehead atoms. The summed E-state index contributed by atoms with van der Waals surface area (Å²) in [6.45, 7) is 2.00. The van der Waals surface area contributed by atoms with Gasteiger partial charge in [-0.25, -0.2) is 0 Å². The van der Waals surface area contributed by atoms with Crippen LogP contribution in [0.5, 0.6) is 0 Å². The van der Waals surface area contributed by atoms with Crippen molar-refractivity contribution in [3.05, 3.63) is 89.6 Å². The maximum absolute atomic E-state index is 4.87. The Kier molecular flexibility index (Phi) is 4.42. The van der Waals surface area contributed by atoms with Crippen LogP contribution in [0, 0.1) is 6.92 Å². The van der Waals surface area contributed by atoms with Crippen molar-refractivity contribution < 1.29 is 0 Å². The number of pyridine rings is 1. The molecule has 6 nitrogen and oxygen atoms in total. The summed E-state index contributed by atoms with van der Waals surface area (Å²) in [6.07, 6.45) is 2.08. The lowest BCUT2D eigenvalue weighted by molar-refractivity contribution is 0.774. The van der Waals surface area contributed by atoms with Gasteiger partial charge in [0.15, 0.2) is 0 Å². The maximum atomic E-state index is 4.87. The highest BCUT2D eigenvalue weighted by atomic mass is 15.5. The summed E-state index contributed by atoms with van der Waals surface area (Å²) >= 11 is 0. The van der Waals surface area contributed by atoms with Gasteiger partial charge in [-0.15, -0.1) is 10.2 Å². The Balaban J connectivity index is 1.48. The number of hydrogen-bond acceptors (Lipinski definition) is 5. The second-order valence-electron chi connectivity index (χ2n) is 8.30. The molecule has 2 aromatic heterocycles. The van der Waals surface area contributed by atoms with Crippen LogP contribution in [0.2, 0.25) is 0 Å². The average molecular weight is 419 g/mol. The molecule has 2 N–H and O–H groups in total. The lowest BCUT2D eigenvalue weighted by Crippen LogP contribution is -2.19. The molecule has 0 atom stereocenters. The normalized spacial score (nSPS) is 13.4. The lowest BCUT2D eigenvalue weighted by Gasteiger charge is -2.17. The molecule has 156 valence electrons. The lowest BCUT2D eigenvalue weighted by atomic mass is 9.93. The predicted molar refractivity (Wildman–Crippen MR) is 126 cm³/mol. The van der Waals surface area contributed by atoms with E-state index >= 15 is 0 Å². The van der Waals surface area contributed by atoms with Crippen molar-refractivity contribution in [1.82, 2.24) is 25.6 Å². The molecule has 0 radical (unpaired) electrons. The smallest absolute Gasteiger partial charge is 0.207 e. The van der Waals surface area contributed by atoms with Gasteiger partial charge < -0.3 is 5.32 Å². The Labute approximate surface area is 185 Å². The quantitative estimate of drug-likeness (QED) is 0.431. The molecule has 0 unspecified atom stereocenters. The minimum absolute atomic E-state index is 0.389. The van der Waals surface area contributed by atoms with Crippen LogP contribution in [-0.4, -0.2) is 31.6 Å². The minimum Gasteiger partial charge on any atom is -0.382 e. The van der Waals surface area contributed by atoms with Gasteiger partial charge in [0.2, 0.25) is 5.82 Å². The Morgan fingerprint density at radius 1 is 0.875 bits per heavy atom. The molecule has 0 saturated carbocycles. The SMILES string of the molecule is Cc1nc2ccc(NC3Cc4ccccc4C3)cc2c(-c2ccccc2)c1-c1nn[nH]n1. The van der Waals surface area contributed by atoms with Crippen LogP contribution in [0.4, 0.5) is 5.69 Å². The maximum Gasteiger partial charge on any atom is 0.207 e. The number of aromatic nitrogens is 5. The summed E-state index contributed by atoms with van der Waals surface area (Å²) < 4.78 is 0. The van der Waals surface area contributed by atoms with Crippen molar-refractivity contribution in [1.29, 1.82) is 0 Å². The van der Waals surface area contributed by atoms with Crippen LogP contribution in [-0.2, 0) is 12.8 Å². The second kappa shape index (κ2) is 7.57. The number of benzene rings is 3. The Morgan fingerprint density at radius 2 is 1.62 bits per heavy atom.